The second kappa shape index (κ2) is 7.61. The van der Waals surface area contributed by atoms with Crippen LogP contribution in [-0.4, -0.2) is 19.1 Å². The number of halogens is 1. The van der Waals surface area contributed by atoms with Gasteiger partial charge in [0, 0.05) is 24.1 Å². The fourth-order valence-electron chi connectivity index (χ4n) is 2.37. The standard InChI is InChI=1S/C19H16FNO4/c20-15-3-1-2-13(10-15)8-9-21-18(22)12-24-16-6-4-14-5-7-19(23)25-17(14)11-16/h1-7,10-11H,8-9,12H2,(H,21,22). The second-order valence-electron chi connectivity index (χ2n) is 5.47. The van der Waals surface area contributed by atoms with E-state index in [1.54, 1.807) is 36.4 Å². The smallest absolute Gasteiger partial charge is 0.336 e. The van der Waals surface area contributed by atoms with Gasteiger partial charge < -0.3 is 14.5 Å². The number of benzene rings is 2. The van der Waals surface area contributed by atoms with Crippen molar-refractivity contribution >= 4 is 16.9 Å². The highest BCUT2D eigenvalue weighted by molar-refractivity contribution is 5.79. The molecule has 3 rings (SSSR count). The second-order valence-corrected chi connectivity index (χ2v) is 5.47. The lowest BCUT2D eigenvalue weighted by Gasteiger charge is -2.08. The Bertz CT molecular complexity index is 951. The number of carbonyl (C=O) groups excluding carboxylic acids is 1. The van der Waals surface area contributed by atoms with Crippen LogP contribution in [0.15, 0.2) is 63.8 Å². The van der Waals surface area contributed by atoms with Crippen LogP contribution in [0.4, 0.5) is 4.39 Å². The van der Waals surface area contributed by atoms with Crippen molar-refractivity contribution in [3.8, 4) is 5.75 Å². The summed E-state index contributed by atoms with van der Waals surface area (Å²) in [6.45, 7) is 0.226. The summed E-state index contributed by atoms with van der Waals surface area (Å²) in [6.07, 6.45) is 0.532. The van der Waals surface area contributed by atoms with Crippen molar-refractivity contribution in [1.29, 1.82) is 0 Å². The fraction of sp³-hybridized carbons (Fsp3) is 0.158. The largest absolute Gasteiger partial charge is 0.484 e. The summed E-state index contributed by atoms with van der Waals surface area (Å²) in [5, 5.41) is 3.48. The Balaban J connectivity index is 1.49. The molecule has 128 valence electrons. The first kappa shape index (κ1) is 16.7. The number of hydrogen-bond donors (Lipinski definition) is 1. The summed E-state index contributed by atoms with van der Waals surface area (Å²) >= 11 is 0. The molecule has 0 saturated heterocycles. The summed E-state index contributed by atoms with van der Waals surface area (Å²) in [5.74, 6) is -0.150. The van der Waals surface area contributed by atoms with E-state index in [-0.39, 0.29) is 18.3 Å². The number of rotatable bonds is 6. The van der Waals surface area contributed by atoms with Gasteiger partial charge in [-0.15, -0.1) is 0 Å². The first-order valence-corrected chi connectivity index (χ1v) is 7.78. The van der Waals surface area contributed by atoms with Crippen LogP contribution in [0, 0.1) is 5.82 Å². The van der Waals surface area contributed by atoms with Crippen LogP contribution in [0.3, 0.4) is 0 Å². The van der Waals surface area contributed by atoms with Crippen LogP contribution in [0.1, 0.15) is 5.56 Å². The lowest BCUT2D eigenvalue weighted by atomic mass is 10.1. The van der Waals surface area contributed by atoms with Crippen molar-refractivity contribution in [3.63, 3.8) is 0 Å². The number of ether oxygens (including phenoxy) is 1. The van der Waals surface area contributed by atoms with Crippen LogP contribution < -0.4 is 15.7 Å². The van der Waals surface area contributed by atoms with Gasteiger partial charge in [0.2, 0.25) is 0 Å². The molecule has 0 radical (unpaired) electrons. The topological polar surface area (TPSA) is 68.5 Å². The zero-order valence-electron chi connectivity index (χ0n) is 13.3. The summed E-state index contributed by atoms with van der Waals surface area (Å²) in [6, 6.07) is 14.3. The zero-order valence-corrected chi connectivity index (χ0v) is 13.3. The Morgan fingerprint density at radius 1 is 1.12 bits per heavy atom. The maximum absolute atomic E-state index is 13.1. The van der Waals surface area contributed by atoms with E-state index in [0.717, 1.165) is 10.9 Å². The van der Waals surface area contributed by atoms with Crippen LogP contribution in [0.25, 0.3) is 11.0 Å². The van der Waals surface area contributed by atoms with E-state index in [1.165, 1.54) is 18.2 Å². The van der Waals surface area contributed by atoms with Crippen LogP contribution >= 0.6 is 0 Å². The van der Waals surface area contributed by atoms with Crippen molar-refractivity contribution in [3.05, 3.63) is 76.4 Å². The maximum Gasteiger partial charge on any atom is 0.336 e. The van der Waals surface area contributed by atoms with Crippen molar-refractivity contribution in [2.24, 2.45) is 0 Å². The molecule has 0 spiro atoms. The average Bonchev–Trinajstić information content (AvgIpc) is 2.59. The molecule has 0 bridgehead atoms. The van der Waals surface area contributed by atoms with E-state index in [1.807, 2.05) is 0 Å². The molecule has 2 aromatic carbocycles. The van der Waals surface area contributed by atoms with E-state index in [0.29, 0.717) is 24.3 Å². The SMILES string of the molecule is O=C(COc1ccc2ccc(=O)oc2c1)NCCc1cccc(F)c1. The lowest BCUT2D eigenvalue weighted by molar-refractivity contribution is -0.123. The van der Waals surface area contributed by atoms with Crippen molar-refractivity contribution in [2.75, 3.05) is 13.2 Å². The zero-order chi connectivity index (χ0) is 17.6. The monoisotopic (exact) mass is 341 g/mol. The minimum atomic E-state index is -0.445. The summed E-state index contributed by atoms with van der Waals surface area (Å²) < 4.78 is 23.5. The minimum absolute atomic E-state index is 0.161. The van der Waals surface area contributed by atoms with Gasteiger partial charge in [-0.25, -0.2) is 9.18 Å². The highest BCUT2D eigenvalue weighted by atomic mass is 19.1. The Kier molecular flexibility index (Phi) is 5.09. The number of nitrogens with one attached hydrogen (secondary N) is 1. The molecule has 3 aromatic rings. The predicted octanol–water partition coefficient (Wildman–Crippen LogP) is 2.67. The van der Waals surface area contributed by atoms with E-state index >= 15 is 0 Å². The molecule has 1 aromatic heterocycles. The van der Waals surface area contributed by atoms with Gasteiger partial charge in [-0.1, -0.05) is 12.1 Å². The quantitative estimate of drug-likeness (QED) is 0.700. The van der Waals surface area contributed by atoms with E-state index in [2.05, 4.69) is 5.32 Å². The predicted molar refractivity (Wildman–Crippen MR) is 91.1 cm³/mol. The number of fused-ring (bicyclic) bond motifs is 1. The third-order valence-electron chi connectivity index (χ3n) is 3.59. The van der Waals surface area contributed by atoms with Crippen LogP contribution in [-0.2, 0) is 11.2 Å². The molecular weight excluding hydrogens is 325 g/mol. The van der Waals surface area contributed by atoms with E-state index in [4.69, 9.17) is 9.15 Å². The molecule has 0 unspecified atom stereocenters. The highest BCUT2D eigenvalue weighted by Crippen LogP contribution is 2.19. The number of carbonyl (C=O) groups is 1. The third kappa shape index (κ3) is 4.67. The molecule has 0 saturated carbocycles. The van der Waals surface area contributed by atoms with Crippen molar-refractivity contribution < 1.29 is 18.3 Å². The summed E-state index contributed by atoms with van der Waals surface area (Å²) in [5.41, 5.74) is 0.766. The minimum Gasteiger partial charge on any atom is -0.484 e. The molecule has 0 aliphatic carbocycles. The number of hydrogen-bond acceptors (Lipinski definition) is 4. The lowest BCUT2D eigenvalue weighted by Crippen LogP contribution is -2.30. The van der Waals surface area contributed by atoms with Gasteiger partial charge in [0.1, 0.15) is 17.1 Å². The molecule has 1 heterocycles. The van der Waals surface area contributed by atoms with E-state index in [9.17, 15) is 14.0 Å². The average molecular weight is 341 g/mol. The highest BCUT2D eigenvalue weighted by Gasteiger charge is 2.05. The van der Waals surface area contributed by atoms with Gasteiger partial charge in [0.05, 0.1) is 0 Å². The molecule has 0 atom stereocenters. The van der Waals surface area contributed by atoms with Crippen LogP contribution in [0.5, 0.6) is 5.75 Å². The van der Waals surface area contributed by atoms with Gasteiger partial charge >= 0.3 is 5.63 Å². The summed E-state index contributed by atoms with van der Waals surface area (Å²) in [4.78, 5) is 23.0. The molecule has 25 heavy (non-hydrogen) atoms. The van der Waals surface area contributed by atoms with Crippen molar-refractivity contribution in [2.45, 2.75) is 6.42 Å². The van der Waals surface area contributed by atoms with Gasteiger partial charge in [0.25, 0.3) is 5.91 Å². The van der Waals surface area contributed by atoms with Crippen LogP contribution in [0.2, 0.25) is 0 Å². The molecule has 1 N–H and O–H groups in total. The molecular formula is C19H16FNO4. The first-order valence-electron chi connectivity index (χ1n) is 7.78. The normalized spacial score (nSPS) is 10.6. The molecule has 0 aliphatic rings. The fourth-order valence-corrected chi connectivity index (χ4v) is 2.37. The Labute approximate surface area is 143 Å². The Hall–Kier alpha value is -3.15. The van der Waals surface area contributed by atoms with Gasteiger partial charge in [0.15, 0.2) is 6.61 Å². The van der Waals surface area contributed by atoms with Gasteiger partial charge in [-0.3, -0.25) is 4.79 Å². The Morgan fingerprint density at radius 2 is 1.96 bits per heavy atom. The summed E-state index contributed by atoms with van der Waals surface area (Å²) in [7, 11) is 0. The molecule has 0 aliphatic heterocycles. The molecule has 1 amide bonds. The molecule has 5 nitrogen and oxygen atoms in total. The van der Waals surface area contributed by atoms with Gasteiger partial charge in [-0.2, -0.15) is 0 Å². The maximum atomic E-state index is 13.1. The molecule has 6 heteroatoms. The first-order chi connectivity index (χ1) is 12.1. The molecule has 0 fully saturated rings. The Morgan fingerprint density at radius 3 is 2.80 bits per heavy atom. The van der Waals surface area contributed by atoms with E-state index < -0.39 is 5.63 Å². The van der Waals surface area contributed by atoms with Gasteiger partial charge in [-0.05, 0) is 42.3 Å². The van der Waals surface area contributed by atoms with Crippen molar-refractivity contribution in [1.82, 2.24) is 5.32 Å². The third-order valence-corrected chi connectivity index (χ3v) is 3.59. The number of amides is 1.